The van der Waals surface area contributed by atoms with Gasteiger partial charge in [-0.05, 0) is 82.7 Å². The molecule has 0 bridgehead atoms. The second-order valence-electron chi connectivity index (χ2n) is 13.0. The molecule has 3 aromatic rings. The molecule has 4 heterocycles. The molecule has 1 amide bonds. The predicted molar refractivity (Wildman–Crippen MR) is 165 cm³/mol. The summed E-state index contributed by atoms with van der Waals surface area (Å²) in [6.07, 6.45) is 10.3. The van der Waals surface area contributed by atoms with E-state index in [2.05, 4.69) is 30.8 Å². The number of piperidine rings is 1. The van der Waals surface area contributed by atoms with Gasteiger partial charge in [0.15, 0.2) is 5.82 Å². The quantitative estimate of drug-likeness (QED) is 0.371. The lowest BCUT2D eigenvalue weighted by Gasteiger charge is -2.60. The SMILES string of the molecule is O=C(NC1CCC(Nc2ncc(F)c(-c3cccc(-n4ccccc4=O)c3)n2)CC1)OC1CC2(C1)CN(C1CCNCC1)C2. The minimum atomic E-state index is -0.534. The Morgan fingerprint density at radius 3 is 2.55 bits per heavy atom. The second-order valence-corrected chi connectivity index (χ2v) is 13.0. The highest BCUT2D eigenvalue weighted by Gasteiger charge is 2.55. The lowest BCUT2D eigenvalue weighted by molar-refractivity contribution is -0.145. The van der Waals surface area contributed by atoms with E-state index in [1.165, 1.54) is 29.7 Å². The Morgan fingerprint density at radius 2 is 1.77 bits per heavy atom. The first-order valence-corrected chi connectivity index (χ1v) is 15.9. The largest absolute Gasteiger partial charge is 0.446 e. The minimum Gasteiger partial charge on any atom is -0.446 e. The first-order chi connectivity index (χ1) is 21.4. The summed E-state index contributed by atoms with van der Waals surface area (Å²) in [5.41, 5.74) is 1.56. The van der Waals surface area contributed by atoms with Crippen molar-refractivity contribution in [1.29, 1.82) is 0 Å². The van der Waals surface area contributed by atoms with Crippen LogP contribution in [0.4, 0.5) is 15.1 Å². The molecule has 44 heavy (non-hydrogen) atoms. The summed E-state index contributed by atoms with van der Waals surface area (Å²) in [4.78, 5) is 36.2. The van der Waals surface area contributed by atoms with Crippen LogP contribution in [0.15, 0.2) is 59.7 Å². The number of benzene rings is 1. The molecule has 2 aliphatic carbocycles. The van der Waals surface area contributed by atoms with Crippen LogP contribution < -0.4 is 21.5 Å². The standard InChI is InChI=1S/C33H40FN7O3/c34-28-19-36-31(39-30(28)22-4-3-5-26(16-22)41-15-2-1-6-29(41)42)37-23-7-9-24(10-8-23)38-32(43)44-27-17-33(18-27)20-40(21-33)25-11-13-35-14-12-25/h1-6,15-16,19,23-25,27,35H,7-14,17-18,20-21H2,(H,38,43)(H,36,37,39). The van der Waals surface area contributed by atoms with E-state index in [0.717, 1.165) is 70.7 Å². The summed E-state index contributed by atoms with van der Waals surface area (Å²) in [5.74, 6) is -0.179. The third-order valence-electron chi connectivity index (χ3n) is 9.84. The van der Waals surface area contributed by atoms with Crippen LogP contribution in [0.2, 0.25) is 0 Å². The zero-order valence-electron chi connectivity index (χ0n) is 24.9. The van der Waals surface area contributed by atoms with E-state index >= 15 is 0 Å². The molecule has 1 aromatic carbocycles. The van der Waals surface area contributed by atoms with Crippen molar-refractivity contribution in [3.05, 3.63) is 71.0 Å². The predicted octanol–water partition coefficient (Wildman–Crippen LogP) is 4.10. The molecule has 3 N–H and O–H groups in total. The molecule has 4 fully saturated rings. The van der Waals surface area contributed by atoms with Gasteiger partial charge in [-0.3, -0.25) is 14.3 Å². The Morgan fingerprint density at radius 1 is 1.00 bits per heavy atom. The lowest BCUT2D eigenvalue weighted by atomic mass is 9.61. The highest BCUT2D eigenvalue weighted by Crippen LogP contribution is 2.50. The smallest absolute Gasteiger partial charge is 0.407 e. The number of ether oxygens (including phenoxy) is 1. The third kappa shape index (κ3) is 6.21. The topological polar surface area (TPSA) is 113 Å². The number of amides is 1. The van der Waals surface area contributed by atoms with Crippen molar-refractivity contribution in [3.8, 4) is 16.9 Å². The molecule has 10 nitrogen and oxygen atoms in total. The number of alkyl carbamates (subject to hydrolysis) is 1. The number of pyridine rings is 1. The van der Waals surface area contributed by atoms with E-state index < -0.39 is 5.82 Å². The average Bonchev–Trinajstić information content (AvgIpc) is 3.00. The molecule has 0 atom stereocenters. The van der Waals surface area contributed by atoms with Gasteiger partial charge in [0, 0.05) is 60.1 Å². The number of hydrogen-bond donors (Lipinski definition) is 3. The maximum absolute atomic E-state index is 14.8. The van der Waals surface area contributed by atoms with E-state index in [-0.39, 0.29) is 35.5 Å². The maximum atomic E-state index is 14.8. The Hall–Kier alpha value is -3.83. The number of nitrogens with zero attached hydrogens (tertiary/aromatic N) is 4. The molecule has 0 radical (unpaired) electrons. The van der Waals surface area contributed by atoms with Gasteiger partial charge in [0.05, 0.1) is 6.20 Å². The van der Waals surface area contributed by atoms with Crippen molar-refractivity contribution in [2.45, 2.75) is 75.6 Å². The fourth-order valence-electron chi connectivity index (χ4n) is 7.49. The summed E-state index contributed by atoms with van der Waals surface area (Å²) in [7, 11) is 0. The van der Waals surface area contributed by atoms with Crippen LogP contribution in [0.3, 0.4) is 0 Å². The molecule has 232 valence electrons. The van der Waals surface area contributed by atoms with Crippen LogP contribution in [-0.2, 0) is 4.74 Å². The van der Waals surface area contributed by atoms with Crippen molar-refractivity contribution in [1.82, 2.24) is 30.1 Å². The number of aromatic nitrogens is 3. The molecule has 1 spiro atoms. The first-order valence-electron chi connectivity index (χ1n) is 15.9. The average molecular weight is 602 g/mol. The van der Waals surface area contributed by atoms with Gasteiger partial charge >= 0.3 is 6.09 Å². The normalized spacial score (nSPS) is 23.8. The zero-order chi connectivity index (χ0) is 30.1. The zero-order valence-corrected chi connectivity index (χ0v) is 24.9. The molecule has 2 saturated carbocycles. The number of likely N-dealkylation sites (tertiary alicyclic amines) is 1. The van der Waals surface area contributed by atoms with Crippen LogP contribution >= 0.6 is 0 Å². The molecular weight excluding hydrogens is 561 g/mol. The fraction of sp³-hybridized carbons (Fsp3) is 0.515. The Kier molecular flexibility index (Phi) is 8.07. The van der Waals surface area contributed by atoms with Gasteiger partial charge < -0.3 is 20.7 Å². The van der Waals surface area contributed by atoms with Crippen LogP contribution in [-0.4, -0.2) is 75.9 Å². The number of halogens is 1. The van der Waals surface area contributed by atoms with Crippen LogP contribution in [0.1, 0.15) is 51.4 Å². The molecule has 4 aliphatic rings. The fourth-order valence-corrected chi connectivity index (χ4v) is 7.49. The summed E-state index contributed by atoms with van der Waals surface area (Å²) in [6.45, 7) is 4.54. The number of hydrogen-bond acceptors (Lipinski definition) is 8. The van der Waals surface area contributed by atoms with E-state index in [1.54, 1.807) is 42.6 Å². The summed E-state index contributed by atoms with van der Waals surface area (Å²) >= 11 is 0. The summed E-state index contributed by atoms with van der Waals surface area (Å²) in [5, 5.41) is 9.86. The number of carbonyl (C=O) groups is 1. The molecule has 0 unspecified atom stereocenters. The van der Waals surface area contributed by atoms with Crippen LogP contribution in [0.5, 0.6) is 0 Å². The van der Waals surface area contributed by atoms with Crippen molar-refractivity contribution in [2.75, 3.05) is 31.5 Å². The van der Waals surface area contributed by atoms with Gasteiger partial charge in [0.25, 0.3) is 5.56 Å². The number of carbonyl (C=O) groups excluding carboxylic acids is 1. The minimum absolute atomic E-state index is 0.0299. The van der Waals surface area contributed by atoms with Crippen molar-refractivity contribution >= 4 is 12.0 Å². The van der Waals surface area contributed by atoms with Gasteiger partial charge in [-0.2, -0.15) is 0 Å². The molecule has 2 saturated heterocycles. The van der Waals surface area contributed by atoms with Gasteiger partial charge in [0.2, 0.25) is 5.95 Å². The van der Waals surface area contributed by atoms with Gasteiger partial charge in [0.1, 0.15) is 11.8 Å². The highest BCUT2D eigenvalue weighted by molar-refractivity contribution is 5.68. The summed E-state index contributed by atoms with van der Waals surface area (Å²) in [6, 6.07) is 12.9. The van der Waals surface area contributed by atoms with E-state index in [4.69, 9.17) is 4.74 Å². The van der Waals surface area contributed by atoms with Crippen molar-refractivity contribution < 1.29 is 13.9 Å². The van der Waals surface area contributed by atoms with E-state index in [0.29, 0.717) is 22.6 Å². The van der Waals surface area contributed by atoms with Crippen molar-refractivity contribution in [3.63, 3.8) is 0 Å². The Balaban J connectivity index is 0.869. The Bertz CT molecular complexity index is 1540. The molecule has 7 rings (SSSR count). The monoisotopic (exact) mass is 601 g/mol. The molecule has 2 aromatic heterocycles. The number of anilines is 1. The molecule has 2 aliphatic heterocycles. The van der Waals surface area contributed by atoms with Crippen molar-refractivity contribution in [2.24, 2.45) is 5.41 Å². The maximum Gasteiger partial charge on any atom is 0.407 e. The van der Waals surface area contributed by atoms with Crippen LogP contribution in [0.25, 0.3) is 16.9 Å². The number of rotatable bonds is 7. The third-order valence-corrected chi connectivity index (χ3v) is 9.84. The highest BCUT2D eigenvalue weighted by atomic mass is 19.1. The second kappa shape index (κ2) is 12.3. The van der Waals surface area contributed by atoms with Crippen LogP contribution in [0, 0.1) is 11.2 Å². The van der Waals surface area contributed by atoms with E-state index in [1.807, 2.05) is 0 Å². The number of nitrogens with one attached hydrogen (secondary N) is 3. The lowest BCUT2D eigenvalue weighted by Crippen LogP contribution is -2.67. The summed E-state index contributed by atoms with van der Waals surface area (Å²) < 4.78 is 22.1. The van der Waals surface area contributed by atoms with Gasteiger partial charge in [-0.25, -0.2) is 19.2 Å². The van der Waals surface area contributed by atoms with E-state index in [9.17, 15) is 14.0 Å². The van der Waals surface area contributed by atoms with Gasteiger partial charge in [-0.15, -0.1) is 0 Å². The molecule has 11 heteroatoms. The van der Waals surface area contributed by atoms with Gasteiger partial charge in [-0.1, -0.05) is 18.2 Å². The molecular formula is C33H40FN7O3. The first kappa shape index (κ1) is 28.9. The Labute approximate surface area is 256 Å².